The van der Waals surface area contributed by atoms with Crippen molar-refractivity contribution in [3.63, 3.8) is 0 Å². The highest BCUT2D eigenvalue weighted by Crippen LogP contribution is 2.24. The number of carbonyl (C=O) groups is 1. The highest BCUT2D eigenvalue weighted by Gasteiger charge is 2.18. The van der Waals surface area contributed by atoms with E-state index in [1.165, 1.54) is 12.1 Å². The van der Waals surface area contributed by atoms with Crippen molar-refractivity contribution in [1.82, 2.24) is 10.2 Å². The van der Waals surface area contributed by atoms with E-state index in [9.17, 15) is 9.18 Å². The fourth-order valence-electron chi connectivity index (χ4n) is 3.21. The molecule has 0 unspecified atom stereocenters. The largest absolute Gasteiger partial charge is 0.497 e. The number of carbonyl (C=O) groups excluding carboxylic acids is 1. The molecule has 0 radical (unpaired) electrons. The van der Waals surface area contributed by atoms with Gasteiger partial charge in [0.25, 0.3) is 0 Å². The van der Waals surface area contributed by atoms with Gasteiger partial charge in [0.05, 0.1) is 19.7 Å². The van der Waals surface area contributed by atoms with E-state index in [2.05, 4.69) is 5.32 Å². The van der Waals surface area contributed by atoms with E-state index in [1.54, 1.807) is 19.2 Å². The molecule has 4 nitrogen and oxygen atoms in total. The molecule has 0 spiro atoms. The number of amides is 1. The predicted octanol–water partition coefficient (Wildman–Crippen LogP) is 4.17. The lowest BCUT2D eigenvalue weighted by molar-refractivity contribution is -0.122. The van der Waals surface area contributed by atoms with Crippen LogP contribution in [0.3, 0.4) is 0 Å². The lowest BCUT2D eigenvalue weighted by atomic mass is 9.98. The molecule has 0 aliphatic rings. The highest BCUT2D eigenvalue weighted by atomic mass is 19.1. The smallest absolute Gasteiger partial charge is 0.234 e. The summed E-state index contributed by atoms with van der Waals surface area (Å²) in [4.78, 5) is 14.6. The first-order valence-corrected chi connectivity index (χ1v) is 9.46. The van der Waals surface area contributed by atoms with Crippen molar-refractivity contribution < 1.29 is 13.9 Å². The minimum absolute atomic E-state index is 0.0840. The number of nitrogens with one attached hydrogen (secondary N) is 1. The van der Waals surface area contributed by atoms with E-state index in [0.717, 1.165) is 22.4 Å². The second-order valence-corrected chi connectivity index (χ2v) is 6.98. The van der Waals surface area contributed by atoms with E-state index in [-0.39, 0.29) is 24.3 Å². The van der Waals surface area contributed by atoms with Gasteiger partial charge in [-0.1, -0.05) is 54.6 Å². The van der Waals surface area contributed by atoms with Crippen molar-refractivity contribution >= 4 is 5.91 Å². The maximum atomic E-state index is 13.1. The van der Waals surface area contributed by atoms with Gasteiger partial charge < -0.3 is 10.1 Å². The van der Waals surface area contributed by atoms with Gasteiger partial charge in [-0.05, 0) is 48.0 Å². The lowest BCUT2D eigenvalue weighted by Gasteiger charge is -2.22. The summed E-state index contributed by atoms with van der Waals surface area (Å²) in [5, 5.41) is 3.13. The quantitative estimate of drug-likeness (QED) is 0.626. The van der Waals surface area contributed by atoms with Gasteiger partial charge in [0.15, 0.2) is 0 Å². The normalized spacial score (nSPS) is 11.9. The van der Waals surface area contributed by atoms with E-state index in [4.69, 9.17) is 4.74 Å². The molecule has 3 aromatic carbocycles. The maximum absolute atomic E-state index is 13.1. The molecular weight excluding hydrogens is 367 g/mol. The molecular formula is C24H25FN2O2. The van der Waals surface area contributed by atoms with Crippen LogP contribution in [0.15, 0.2) is 78.9 Å². The van der Waals surface area contributed by atoms with E-state index >= 15 is 0 Å². The number of ether oxygens (including phenoxy) is 1. The summed E-state index contributed by atoms with van der Waals surface area (Å²) in [7, 11) is 3.50. The molecule has 0 saturated carbocycles. The van der Waals surface area contributed by atoms with Crippen LogP contribution in [0.4, 0.5) is 4.39 Å². The van der Waals surface area contributed by atoms with Crippen LogP contribution < -0.4 is 10.1 Å². The third kappa shape index (κ3) is 5.90. The fourth-order valence-corrected chi connectivity index (χ4v) is 3.21. The molecule has 0 aliphatic heterocycles. The van der Waals surface area contributed by atoms with Gasteiger partial charge >= 0.3 is 0 Å². The first-order chi connectivity index (χ1) is 14.0. The van der Waals surface area contributed by atoms with Crippen LogP contribution in [-0.4, -0.2) is 31.5 Å². The molecule has 0 saturated heterocycles. The molecule has 0 aliphatic carbocycles. The number of rotatable bonds is 8. The van der Waals surface area contributed by atoms with Crippen molar-refractivity contribution in [1.29, 1.82) is 0 Å². The van der Waals surface area contributed by atoms with Gasteiger partial charge in [-0.15, -0.1) is 0 Å². The van der Waals surface area contributed by atoms with Gasteiger partial charge in [-0.25, -0.2) is 4.39 Å². The van der Waals surface area contributed by atoms with Crippen LogP contribution in [0.1, 0.15) is 22.7 Å². The van der Waals surface area contributed by atoms with Crippen LogP contribution in [0.25, 0.3) is 0 Å². The Kier molecular flexibility index (Phi) is 6.98. The Morgan fingerprint density at radius 3 is 2.21 bits per heavy atom. The minimum atomic E-state index is -0.264. The first kappa shape index (κ1) is 20.6. The third-order valence-corrected chi connectivity index (χ3v) is 4.67. The van der Waals surface area contributed by atoms with E-state index in [0.29, 0.717) is 6.54 Å². The Morgan fingerprint density at radius 1 is 0.966 bits per heavy atom. The zero-order chi connectivity index (χ0) is 20.6. The number of benzene rings is 3. The van der Waals surface area contributed by atoms with Gasteiger partial charge in [0.1, 0.15) is 11.6 Å². The first-order valence-electron chi connectivity index (χ1n) is 9.46. The average molecular weight is 392 g/mol. The summed E-state index contributed by atoms with van der Waals surface area (Å²) in [5.41, 5.74) is 2.94. The van der Waals surface area contributed by atoms with Crippen molar-refractivity contribution in [2.75, 3.05) is 20.7 Å². The zero-order valence-electron chi connectivity index (χ0n) is 16.6. The lowest BCUT2D eigenvalue weighted by Crippen LogP contribution is -2.37. The van der Waals surface area contributed by atoms with Crippen molar-refractivity contribution in [3.05, 3.63) is 101 Å². The van der Waals surface area contributed by atoms with Crippen LogP contribution >= 0.6 is 0 Å². The SMILES string of the molecule is COc1ccc([C@H](NC(=O)CN(C)Cc2ccc(F)cc2)c2ccccc2)cc1. The number of hydrogen-bond donors (Lipinski definition) is 1. The molecule has 5 heteroatoms. The topological polar surface area (TPSA) is 41.6 Å². The van der Waals surface area contributed by atoms with Crippen LogP contribution in [0.2, 0.25) is 0 Å². The number of nitrogens with zero attached hydrogens (tertiary/aromatic N) is 1. The molecule has 1 N–H and O–H groups in total. The van der Waals surface area contributed by atoms with Crippen LogP contribution in [0.5, 0.6) is 5.75 Å². The Morgan fingerprint density at radius 2 is 1.59 bits per heavy atom. The third-order valence-electron chi connectivity index (χ3n) is 4.67. The number of likely N-dealkylation sites (N-methyl/N-ethyl adjacent to an activating group) is 1. The second-order valence-electron chi connectivity index (χ2n) is 6.98. The Hall–Kier alpha value is -3.18. The number of hydrogen-bond acceptors (Lipinski definition) is 3. The summed E-state index contributed by atoms with van der Waals surface area (Å²) in [6.07, 6.45) is 0. The molecule has 3 rings (SSSR count). The molecule has 0 aromatic heterocycles. The molecule has 1 amide bonds. The van der Waals surface area contributed by atoms with E-state index in [1.807, 2.05) is 66.5 Å². The number of methoxy groups -OCH3 is 1. The summed E-state index contributed by atoms with van der Waals surface area (Å²) in [6.45, 7) is 0.795. The van der Waals surface area contributed by atoms with Crippen LogP contribution in [-0.2, 0) is 11.3 Å². The Balaban J connectivity index is 1.69. The van der Waals surface area contributed by atoms with Gasteiger partial charge in [-0.2, -0.15) is 0 Å². The van der Waals surface area contributed by atoms with Gasteiger partial charge in [0.2, 0.25) is 5.91 Å². The van der Waals surface area contributed by atoms with Gasteiger partial charge in [0, 0.05) is 6.54 Å². The maximum Gasteiger partial charge on any atom is 0.234 e. The standard InChI is InChI=1S/C24H25FN2O2/c1-27(16-18-8-12-21(25)13-9-18)17-23(28)26-24(19-6-4-3-5-7-19)20-10-14-22(29-2)15-11-20/h3-15,24H,16-17H2,1-2H3,(H,26,28)/t24-/m1/s1. The minimum Gasteiger partial charge on any atom is -0.497 e. The van der Waals surface area contributed by atoms with Crippen molar-refractivity contribution in [3.8, 4) is 5.75 Å². The summed E-state index contributed by atoms with van der Waals surface area (Å²) in [5.74, 6) is 0.421. The summed E-state index contributed by atoms with van der Waals surface area (Å²) in [6, 6.07) is 23.6. The molecule has 0 fully saturated rings. The molecule has 0 bridgehead atoms. The molecule has 0 heterocycles. The fraction of sp³-hybridized carbons (Fsp3) is 0.208. The van der Waals surface area contributed by atoms with Crippen LogP contribution in [0, 0.1) is 5.82 Å². The monoisotopic (exact) mass is 392 g/mol. The van der Waals surface area contributed by atoms with Gasteiger partial charge in [-0.3, -0.25) is 9.69 Å². The van der Waals surface area contributed by atoms with E-state index < -0.39 is 0 Å². The summed E-state index contributed by atoms with van der Waals surface area (Å²) >= 11 is 0. The van der Waals surface area contributed by atoms with Crippen molar-refractivity contribution in [2.45, 2.75) is 12.6 Å². The predicted molar refractivity (Wildman–Crippen MR) is 112 cm³/mol. The Labute approximate surface area is 170 Å². The molecule has 1 atom stereocenters. The highest BCUT2D eigenvalue weighted by molar-refractivity contribution is 5.79. The molecule has 3 aromatic rings. The second kappa shape index (κ2) is 9.85. The number of halogens is 1. The summed E-state index contributed by atoms with van der Waals surface area (Å²) < 4.78 is 18.3. The van der Waals surface area contributed by atoms with Crippen molar-refractivity contribution in [2.24, 2.45) is 0 Å². The molecule has 150 valence electrons. The average Bonchev–Trinajstić information content (AvgIpc) is 2.74. The molecule has 29 heavy (non-hydrogen) atoms. The Bertz CT molecular complexity index is 912. The zero-order valence-corrected chi connectivity index (χ0v) is 16.6.